The van der Waals surface area contributed by atoms with Crippen LogP contribution in [0.1, 0.15) is 19.4 Å². The molecule has 0 aliphatic rings. The summed E-state index contributed by atoms with van der Waals surface area (Å²) in [4.78, 5) is 0. The zero-order valence-corrected chi connectivity index (χ0v) is 10.2. The van der Waals surface area contributed by atoms with E-state index in [2.05, 4.69) is 55.2 Å². The molecule has 1 N–H and O–H groups in total. The van der Waals surface area contributed by atoms with Gasteiger partial charge in [-0.15, -0.1) is 0 Å². The fraction of sp³-hybridized carbons (Fsp3) is 0.200. The molecule has 0 aliphatic heterocycles. The van der Waals surface area contributed by atoms with Crippen LogP contribution in [0.5, 0.6) is 0 Å². The molecular formula is C15H19N. The van der Waals surface area contributed by atoms with Crippen molar-refractivity contribution >= 4 is 5.69 Å². The average molecular weight is 213 g/mol. The minimum Gasteiger partial charge on any atom is -0.356 e. The second-order valence-electron chi connectivity index (χ2n) is 3.83. The Hall–Kier alpha value is -1.76. The fourth-order valence-corrected chi connectivity index (χ4v) is 1.39. The standard InChI is InChI=1S/C15H19N/c1-5-12(3)10-14(6-2)16-15-9-7-8-13(4)11-15/h5-11,16H,1H2,2-4H3/b12-10-,14-6+. The quantitative estimate of drug-likeness (QED) is 0.729. The Morgan fingerprint density at radius 2 is 2.12 bits per heavy atom. The van der Waals surface area contributed by atoms with Crippen LogP contribution in [0.4, 0.5) is 5.69 Å². The zero-order valence-electron chi connectivity index (χ0n) is 10.2. The molecule has 0 heterocycles. The van der Waals surface area contributed by atoms with E-state index in [4.69, 9.17) is 0 Å². The smallest absolute Gasteiger partial charge is 0.0386 e. The first-order valence-electron chi connectivity index (χ1n) is 5.46. The Bertz CT molecular complexity index is 425. The Morgan fingerprint density at radius 1 is 1.38 bits per heavy atom. The summed E-state index contributed by atoms with van der Waals surface area (Å²) < 4.78 is 0. The van der Waals surface area contributed by atoms with Crippen molar-refractivity contribution in [2.75, 3.05) is 5.32 Å². The third kappa shape index (κ3) is 3.77. The number of anilines is 1. The van der Waals surface area contributed by atoms with E-state index in [9.17, 15) is 0 Å². The summed E-state index contributed by atoms with van der Waals surface area (Å²) in [5, 5.41) is 3.37. The summed E-state index contributed by atoms with van der Waals surface area (Å²) in [6.45, 7) is 9.89. The van der Waals surface area contributed by atoms with Crippen molar-refractivity contribution in [1.29, 1.82) is 0 Å². The van der Waals surface area contributed by atoms with E-state index in [-0.39, 0.29) is 0 Å². The largest absolute Gasteiger partial charge is 0.356 e. The third-order valence-electron chi connectivity index (χ3n) is 2.32. The van der Waals surface area contributed by atoms with Crippen LogP contribution in [0.3, 0.4) is 0 Å². The summed E-state index contributed by atoms with van der Waals surface area (Å²) in [6, 6.07) is 8.33. The average Bonchev–Trinajstić information content (AvgIpc) is 2.28. The maximum absolute atomic E-state index is 3.75. The number of benzene rings is 1. The van der Waals surface area contributed by atoms with E-state index >= 15 is 0 Å². The maximum Gasteiger partial charge on any atom is 0.0386 e. The highest BCUT2D eigenvalue weighted by atomic mass is 14.9. The van der Waals surface area contributed by atoms with Crippen molar-refractivity contribution in [3.8, 4) is 0 Å². The van der Waals surface area contributed by atoms with E-state index in [0.29, 0.717) is 0 Å². The summed E-state index contributed by atoms with van der Waals surface area (Å²) in [6.07, 6.45) is 5.98. The van der Waals surface area contributed by atoms with Crippen molar-refractivity contribution in [3.63, 3.8) is 0 Å². The molecule has 0 spiro atoms. The Labute approximate surface area is 98.2 Å². The first kappa shape index (κ1) is 12.3. The lowest BCUT2D eigenvalue weighted by Gasteiger charge is -2.08. The van der Waals surface area contributed by atoms with E-state index in [0.717, 1.165) is 17.0 Å². The fourth-order valence-electron chi connectivity index (χ4n) is 1.39. The first-order valence-corrected chi connectivity index (χ1v) is 5.46. The molecule has 1 aromatic carbocycles. The SMILES string of the molecule is C=C/C(C)=C\C(=C/C)Nc1cccc(C)c1. The van der Waals surface area contributed by atoms with Crippen molar-refractivity contribution in [1.82, 2.24) is 0 Å². The minimum atomic E-state index is 1.09. The van der Waals surface area contributed by atoms with Gasteiger partial charge < -0.3 is 5.32 Å². The van der Waals surface area contributed by atoms with Crippen LogP contribution in [0.15, 0.2) is 60.3 Å². The van der Waals surface area contributed by atoms with E-state index in [1.165, 1.54) is 5.56 Å². The summed E-state index contributed by atoms with van der Waals surface area (Å²) in [5.41, 5.74) is 4.60. The van der Waals surface area contributed by atoms with Gasteiger partial charge >= 0.3 is 0 Å². The molecule has 0 bridgehead atoms. The molecule has 1 rings (SSSR count). The van der Waals surface area contributed by atoms with Crippen LogP contribution >= 0.6 is 0 Å². The molecule has 0 radical (unpaired) electrons. The zero-order chi connectivity index (χ0) is 12.0. The van der Waals surface area contributed by atoms with Gasteiger partial charge in [-0.1, -0.05) is 30.9 Å². The number of rotatable bonds is 4. The van der Waals surface area contributed by atoms with E-state index < -0.39 is 0 Å². The lowest BCUT2D eigenvalue weighted by atomic mass is 10.2. The van der Waals surface area contributed by atoms with E-state index in [1.807, 2.05) is 19.9 Å². The van der Waals surface area contributed by atoms with Gasteiger partial charge in [0, 0.05) is 11.4 Å². The van der Waals surface area contributed by atoms with Crippen molar-refractivity contribution in [2.24, 2.45) is 0 Å². The molecule has 0 aromatic heterocycles. The molecule has 1 nitrogen and oxygen atoms in total. The second-order valence-corrected chi connectivity index (χ2v) is 3.83. The lowest BCUT2D eigenvalue weighted by molar-refractivity contribution is 1.38. The molecule has 0 unspecified atom stereocenters. The molecule has 0 aliphatic carbocycles. The third-order valence-corrected chi connectivity index (χ3v) is 2.32. The topological polar surface area (TPSA) is 12.0 Å². The monoisotopic (exact) mass is 213 g/mol. The van der Waals surface area contributed by atoms with Crippen LogP contribution in [-0.4, -0.2) is 0 Å². The molecule has 16 heavy (non-hydrogen) atoms. The maximum atomic E-state index is 3.75. The Kier molecular flexibility index (Phi) is 4.59. The lowest BCUT2D eigenvalue weighted by Crippen LogP contribution is -1.97. The number of hydrogen-bond donors (Lipinski definition) is 1. The molecule has 0 fully saturated rings. The Morgan fingerprint density at radius 3 is 2.69 bits per heavy atom. The van der Waals surface area contributed by atoms with Gasteiger partial charge in [-0.25, -0.2) is 0 Å². The predicted octanol–water partition coefficient (Wildman–Crippen LogP) is 4.44. The molecule has 1 heteroatoms. The predicted molar refractivity (Wildman–Crippen MR) is 72.5 cm³/mol. The number of aryl methyl sites for hydroxylation is 1. The molecule has 1 aromatic rings. The number of allylic oxidation sites excluding steroid dienone is 4. The highest BCUT2D eigenvalue weighted by Gasteiger charge is 1.94. The summed E-state index contributed by atoms with van der Waals surface area (Å²) in [5.74, 6) is 0. The second kappa shape index (κ2) is 5.96. The highest BCUT2D eigenvalue weighted by Crippen LogP contribution is 2.13. The van der Waals surface area contributed by atoms with Crippen LogP contribution in [0.2, 0.25) is 0 Å². The van der Waals surface area contributed by atoms with Crippen LogP contribution in [0, 0.1) is 6.92 Å². The summed E-state index contributed by atoms with van der Waals surface area (Å²) in [7, 11) is 0. The molecule has 0 amide bonds. The summed E-state index contributed by atoms with van der Waals surface area (Å²) >= 11 is 0. The first-order chi connectivity index (χ1) is 7.65. The molecular weight excluding hydrogens is 194 g/mol. The van der Waals surface area contributed by atoms with Gasteiger partial charge in [0.05, 0.1) is 0 Å². The molecule has 0 atom stereocenters. The van der Waals surface area contributed by atoms with Crippen LogP contribution in [-0.2, 0) is 0 Å². The highest BCUT2D eigenvalue weighted by molar-refractivity contribution is 5.52. The van der Waals surface area contributed by atoms with Crippen molar-refractivity contribution in [3.05, 3.63) is 65.9 Å². The molecule has 0 saturated heterocycles. The molecule has 0 saturated carbocycles. The van der Waals surface area contributed by atoms with Gasteiger partial charge in [-0.05, 0) is 50.1 Å². The van der Waals surface area contributed by atoms with Gasteiger partial charge in [-0.3, -0.25) is 0 Å². The van der Waals surface area contributed by atoms with Crippen molar-refractivity contribution < 1.29 is 0 Å². The van der Waals surface area contributed by atoms with Gasteiger partial charge in [-0.2, -0.15) is 0 Å². The van der Waals surface area contributed by atoms with E-state index in [1.54, 1.807) is 0 Å². The minimum absolute atomic E-state index is 1.09. The van der Waals surface area contributed by atoms with Gasteiger partial charge in [0.2, 0.25) is 0 Å². The van der Waals surface area contributed by atoms with Gasteiger partial charge in [0.1, 0.15) is 0 Å². The van der Waals surface area contributed by atoms with Crippen LogP contribution < -0.4 is 5.32 Å². The van der Waals surface area contributed by atoms with Crippen molar-refractivity contribution in [2.45, 2.75) is 20.8 Å². The number of nitrogens with one attached hydrogen (secondary N) is 1. The van der Waals surface area contributed by atoms with Gasteiger partial charge in [0.15, 0.2) is 0 Å². The number of hydrogen-bond acceptors (Lipinski definition) is 1. The van der Waals surface area contributed by atoms with Gasteiger partial charge in [0.25, 0.3) is 0 Å². The Balaban J connectivity index is 2.83. The normalized spacial score (nSPS) is 12.4. The van der Waals surface area contributed by atoms with Crippen LogP contribution in [0.25, 0.3) is 0 Å². The molecule has 84 valence electrons.